The maximum absolute atomic E-state index is 13.9. The fourth-order valence-electron chi connectivity index (χ4n) is 4.49. The zero-order valence-corrected chi connectivity index (χ0v) is 23.6. The van der Waals surface area contributed by atoms with E-state index in [0.29, 0.717) is 53.4 Å². The lowest BCUT2D eigenvalue weighted by Crippen LogP contribution is -2.40. The summed E-state index contributed by atoms with van der Waals surface area (Å²) in [4.78, 5) is 46.7. The van der Waals surface area contributed by atoms with Crippen LogP contribution in [0.2, 0.25) is 0 Å². The third kappa shape index (κ3) is 6.67. The number of hydrogen-bond acceptors (Lipinski definition) is 7. The standard InChI is InChI=1S/C31H33N5O5/c1-5-41-28-13-9-8-12-27(28)35-30(32-26-11-7-6-10-25(26)31(35)38)22(2)34(21-20-33(3)4)29(37)19-16-23-14-17-24(18-15-23)36(39)40/h6-19,22H,5,20-21H2,1-4H3/b19-16+. The Labute approximate surface area is 238 Å². The molecule has 0 aliphatic carbocycles. The van der Waals surface area contributed by atoms with Gasteiger partial charge in [-0.3, -0.25) is 24.3 Å². The topological polar surface area (TPSA) is 111 Å². The van der Waals surface area contributed by atoms with Crippen molar-refractivity contribution in [1.82, 2.24) is 19.4 Å². The van der Waals surface area contributed by atoms with E-state index in [1.54, 1.807) is 53.4 Å². The van der Waals surface area contributed by atoms with Gasteiger partial charge in [0.2, 0.25) is 5.91 Å². The number of carbonyl (C=O) groups is 1. The van der Waals surface area contributed by atoms with Gasteiger partial charge in [0.25, 0.3) is 11.2 Å². The van der Waals surface area contributed by atoms with Crippen molar-refractivity contribution in [3.05, 3.63) is 111 Å². The summed E-state index contributed by atoms with van der Waals surface area (Å²) >= 11 is 0. The molecule has 212 valence electrons. The van der Waals surface area contributed by atoms with Crippen LogP contribution in [-0.2, 0) is 4.79 Å². The maximum Gasteiger partial charge on any atom is 0.269 e. The van der Waals surface area contributed by atoms with Gasteiger partial charge >= 0.3 is 0 Å². The first-order valence-electron chi connectivity index (χ1n) is 13.3. The Morgan fingerprint density at radius 3 is 2.41 bits per heavy atom. The summed E-state index contributed by atoms with van der Waals surface area (Å²) in [5.74, 6) is 0.647. The Balaban J connectivity index is 1.81. The van der Waals surface area contributed by atoms with Crippen molar-refractivity contribution < 1.29 is 14.5 Å². The molecule has 41 heavy (non-hydrogen) atoms. The largest absolute Gasteiger partial charge is 0.492 e. The predicted molar refractivity (Wildman–Crippen MR) is 159 cm³/mol. The monoisotopic (exact) mass is 555 g/mol. The summed E-state index contributed by atoms with van der Waals surface area (Å²) < 4.78 is 7.40. The second kappa shape index (κ2) is 13.0. The summed E-state index contributed by atoms with van der Waals surface area (Å²) in [7, 11) is 3.84. The Hall–Kier alpha value is -4.83. The van der Waals surface area contributed by atoms with E-state index >= 15 is 0 Å². The second-order valence-corrected chi connectivity index (χ2v) is 9.72. The van der Waals surface area contributed by atoms with Crippen molar-refractivity contribution >= 4 is 28.6 Å². The summed E-state index contributed by atoms with van der Waals surface area (Å²) in [5.41, 5.74) is 1.44. The third-order valence-electron chi connectivity index (χ3n) is 6.64. The van der Waals surface area contributed by atoms with Crippen LogP contribution in [0.25, 0.3) is 22.7 Å². The number of nitrogens with zero attached hydrogens (tertiary/aromatic N) is 5. The number of non-ortho nitro benzene ring substituents is 1. The molecule has 0 aliphatic rings. The highest BCUT2D eigenvalue weighted by Crippen LogP contribution is 2.28. The summed E-state index contributed by atoms with van der Waals surface area (Å²) in [6.07, 6.45) is 3.05. The van der Waals surface area contributed by atoms with E-state index in [1.165, 1.54) is 22.8 Å². The number of nitro groups is 1. The number of fused-ring (bicyclic) bond motifs is 1. The van der Waals surface area contributed by atoms with Crippen LogP contribution in [0.5, 0.6) is 5.75 Å². The third-order valence-corrected chi connectivity index (χ3v) is 6.64. The minimum Gasteiger partial charge on any atom is -0.492 e. The number of hydrogen-bond donors (Lipinski definition) is 0. The zero-order chi connectivity index (χ0) is 29.5. The lowest BCUT2D eigenvalue weighted by Gasteiger charge is -2.31. The SMILES string of the molecule is CCOc1ccccc1-n1c(C(C)N(CCN(C)C)C(=O)/C=C/c2ccc([N+](=O)[O-])cc2)nc2ccccc2c1=O. The molecule has 1 atom stereocenters. The first-order chi connectivity index (χ1) is 19.7. The van der Waals surface area contributed by atoms with E-state index in [2.05, 4.69) is 0 Å². The fourth-order valence-corrected chi connectivity index (χ4v) is 4.49. The normalized spacial score (nSPS) is 12.1. The van der Waals surface area contributed by atoms with Gasteiger partial charge in [-0.05, 0) is 76.0 Å². The molecule has 1 aromatic heterocycles. The van der Waals surface area contributed by atoms with Gasteiger partial charge in [0.15, 0.2) is 0 Å². The Bertz CT molecular complexity index is 1630. The zero-order valence-electron chi connectivity index (χ0n) is 23.6. The molecule has 1 heterocycles. The van der Waals surface area contributed by atoms with Crippen molar-refractivity contribution in [3.63, 3.8) is 0 Å². The molecule has 0 radical (unpaired) electrons. The van der Waals surface area contributed by atoms with Crippen LogP contribution in [0.1, 0.15) is 31.3 Å². The van der Waals surface area contributed by atoms with Gasteiger partial charge in [0.1, 0.15) is 11.6 Å². The average molecular weight is 556 g/mol. The van der Waals surface area contributed by atoms with Gasteiger partial charge < -0.3 is 14.5 Å². The minimum absolute atomic E-state index is 0.0256. The van der Waals surface area contributed by atoms with E-state index < -0.39 is 11.0 Å². The first-order valence-corrected chi connectivity index (χ1v) is 13.3. The quantitative estimate of drug-likeness (QED) is 0.148. The number of nitro benzene ring substituents is 1. The number of carbonyl (C=O) groups excluding carboxylic acids is 1. The second-order valence-electron chi connectivity index (χ2n) is 9.72. The number of amides is 1. The number of likely N-dealkylation sites (N-methyl/N-ethyl adjacent to an activating group) is 1. The summed E-state index contributed by atoms with van der Waals surface area (Å²) in [6, 6.07) is 19.8. The van der Waals surface area contributed by atoms with Crippen LogP contribution in [0.15, 0.2) is 83.7 Å². The van der Waals surface area contributed by atoms with E-state index in [9.17, 15) is 19.7 Å². The Morgan fingerprint density at radius 2 is 1.73 bits per heavy atom. The maximum atomic E-state index is 13.9. The Morgan fingerprint density at radius 1 is 1.05 bits per heavy atom. The van der Waals surface area contributed by atoms with Gasteiger partial charge in [0, 0.05) is 31.3 Å². The highest BCUT2D eigenvalue weighted by atomic mass is 16.6. The predicted octanol–water partition coefficient (Wildman–Crippen LogP) is 4.86. The highest BCUT2D eigenvalue weighted by Gasteiger charge is 2.27. The van der Waals surface area contributed by atoms with Crippen molar-refractivity contribution in [3.8, 4) is 11.4 Å². The molecule has 0 spiro atoms. The van der Waals surface area contributed by atoms with E-state index in [0.717, 1.165) is 0 Å². The molecule has 0 bridgehead atoms. The van der Waals surface area contributed by atoms with Crippen LogP contribution in [-0.4, -0.2) is 64.0 Å². The number of rotatable bonds is 11. The molecular formula is C31H33N5O5. The minimum atomic E-state index is -0.601. The molecule has 10 nitrogen and oxygen atoms in total. The molecule has 0 N–H and O–H groups in total. The first kappa shape index (κ1) is 29.2. The molecule has 0 fully saturated rings. The summed E-state index contributed by atoms with van der Waals surface area (Å²) in [5, 5.41) is 11.4. The molecule has 0 saturated carbocycles. The van der Waals surface area contributed by atoms with E-state index in [-0.39, 0.29) is 17.2 Å². The smallest absolute Gasteiger partial charge is 0.269 e. The van der Waals surface area contributed by atoms with Crippen LogP contribution >= 0.6 is 0 Å². The molecule has 0 saturated heterocycles. The molecule has 3 aromatic carbocycles. The van der Waals surface area contributed by atoms with Gasteiger partial charge in [-0.2, -0.15) is 0 Å². The summed E-state index contributed by atoms with van der Waals surface area (Å²) in [6.45, 7) is 5.09. The number of aromatic nitrogens is 2. The van der Waals surface area contributed by atoms with Crippen molar-refractivity contribution in [1.29, 1.82) is 0 Å². The lowest BCUT2D eigenvalue weighted by atomic mass is 10.1. The fraction of sp³-hybridized carbons (Fsp3) is 0.258. The van der Waals surface area contributed by atoms with Gasteiger partial charge in [-0.25, -0.2) is 4.98 Å². The molecule has 1 unspecified atom stereocenters. The Kier molecular flexibility index (Phi) is 9.26. The van der Waals surface area contributed by atoms with Crippen molar-refractivity contribution in [2.24, 2.45) is 0 Å². The van der Waals surface area contributed by atoms with Crippen LogP contribution in [0.4, 0.5) is 5.69 Å². The van der Waals surface area contributed by atoms with Crippen LogP contribution in [0.3, 0.4) is 0 Å². The molecule has 10 heteroatoms. The number of ether oxygens (including phenoxy) is 1. The molecule has 4 aromatic rings. The van der Waals surface area contributed by atoms with Crippen molar-refractivity contribution in [2.45, 2.75) is 19.9 Å². The molecule has 0 aliphatic heterocycles. The van der Waals surface area contributed by atoms with Crippen LogP contribution in [0, 0.1) is 10.1 Å². The van der Waals surface area contributed by atoms with Gasteiger partial charge in [-0.15, -0.1) is 0 Å². The van der Waals surface area contributed by atoms with E-state index in [4.69, 9.17) is 9.72 Å². The van der Waals surface area contributed by atoms with Crippen molar-refractivity contribution in [2.75, 3.05) is 33.8 Å². The molecule has 4 rings (SSSR count). The van der Waals surface area contributed by atoms with Crippen LogP contribution < -0.4 is 10.3 Å². The lowest BCUT2D eigenvalue weighted by molar-refractivity contribution is -0.384. The highest BCUT2D eigenvalue weighted by molar-refractivity contribution is 5.92. The number of para-hydroxylation sites is 3. The average Bonchev–Trinajstić information content (AvgIpc) is 2.96. The molecular weight excluding hydrogens is 522 g/mol. The van der Waals surface area contributed by atoms with Gasteiger partial charge in [-0.1, -0.05) is 24.3 Å². The number of benzene rings is 3. The molecule has 1 amide bonds. The van der Waals surface area contributed by atoms with Gasteiger partial charge in [0.05, 0.1) is 34.2 Å². The van der Waals surface area contributed by atoms with E-state index in [1.807, 2.05) is 51.0 Å².